The number of hydrogen-bond acceptors (Lipinski definition) is 1. The van der Waals surface area contributed by atoms with Gasteiger partial charge in [-0.2, -0.15) is 0 Å². The number of ether oxygens (including phenoxy) is 1. The fourth-order valence-electron chi connectivity index (χ4n) is 1.95. The molecule has 1 aliphatic rings. The highest BCUT2D eigenvalue weighted by atomic mass is 16.5. The Morgan fingerprint density at radius 3 is 2.27 bits per heavy atom. The monoisotopic (exact) mass is 156 g/mol. The van der Waals surface area contributed by atoms with E-state index >= 15 is 0 Å². The van der Waals surface area contributed by atoms with Crippen molar-refractivity contribution in [3.8, 4) is 0 Å². The topological polar surface area (TPSA) is 9.23 Å². The summed E-state index contributed by atoms with van der Waals surface area (Å²) in [6.07, 6.45) is 1.24. The van der Waals surface area contributed by atoms with E-state index < -0.39 is 0 Å². The van der Waals surface area contributed by atoms with Gasteiger partial charge in [-0.3, -0.25) is 0 Å². The van der Waals surface area contributed by atoms with Crippen molar-refractivity contribution in [2.75, 3.05) is 13.2 Å². The van der Waals surface area contributed by atoms with Gasteiger partial charge in [0.2, 0.25) is 0 Å². The first-order valence-electron chi connectivity index (χ1n) is 4.59. The molecule has 0 aromatic rings. The third-order valence-corrected chi connectivity index (χ3v) is 2.81. The molecule has 1 fully saturated rings. The molecule has 0 aromatic heterocycles. The van der Waals surface area contributed by atoms with Crippen LogP contribution in [-0.4, -0.2) is 13.2 Å². The molecule has 0 amide bonds. The normalized spacial score (nSPS) is 33.8. The van der Waals surface area contributed by atoms with Gasteiger partial charge < -0.3 is 4.74 Å². The van der Waals surface area contributed by atoms with Crippen LogP contribution in [0.4, 0.5) is 0 Å². The van der Waals surface area contributed by atoms with E-state index in [1.807, 2.05) is 0 Å². The van der Waals surface area contributed by atoms with Crippen molar-refractivity contribution < 1.29 is 4.74 Å². The lowest BCUT2D eigenvalue weighted by molar-refractivity contribution is -0.0237. The highest BCUT2D eigenvalue weighted by Gasteiger charge is 2.31. The molecule has 1 nitrogen and oxygen atoms in total. The maximum Gasteiger partial charge on any atom is 0.0501 e. The van der Waals surface area contributed by atoms with Crippen LogP contribution < -0.4 is 0 Å². The van der Waals surface area contributed by atoms with Crippen LogP contribution in [0.1, 0.15) is 34.1 Å². The second kappa shape index (κ2) is 3.14. The molecule has 2 atom stereocenters. The summed E-state index contributed by atoms with van der Waals surface area (Å²) in [7, 11) is 0. The van der Waals surface area contributed by atoms with Gasteiger partial charge in [0.1, 0.15) is 0 Å². The van der Waals surface area contributed by atoms with Gasteiger partial charge in [0.15, 0.2) is 0 Å². The first-order valence-corrected chi connectivity index (χ1v) is 4.59. The van der Waals surface area contributed by atoms with E-state index in [-0.39, 0.29) is 0 Å². The fraction of sp³-hybridized carbons (Fsp3) is 1.00. The molecule has 0 aliphatic carbocycles. The lowest BCUT2D eigenvalue weighted by Gasteiger charge is -2.38. The second-order valence-corrected chi connectivity index (χ2v) is 4.81. The van der Waals surface area contributed by atoms with Crippen molar-refractivity contribution in [2.45, 2.75) is 34.1 Å². The molecule has 66 valence electrons. The molecule has 0 N–H and O–H groups in total. The molecule has 0 aromatic carbocycles. The Morgan fingerprint density at radius 2 is 1.91 bits per heavy atom. The Hall–Kier alpha value is -0.0400. The zero-order chi connectivity index (χ0) is 8.48. The third-order valence-electron chi connectivity index (χ3n) is 2.81. The minimum atomic E-state index is 0.417. The predicted octanol–water partition coefficient (Wildman–Crippen LogP) is 2.71. The minimum Gasteiger partial charge on any atom is -0.381 e. The standard InChI is InChI=1S/C10H20O/c1-8-5-6-11-7-9(8)10(2,3)4/h8-9H,5-7H2,1-4H3/t8-,9-/m0/s1. The number of hydrogen-bond donors (Lipinski definition) is 0. The van der Waals surface area contributed by atoms with Crippen LogP contribution in [0.2, 0.25) is 0 Å². The summed E-state index contributed by atoms with van der Waals surface area (Å²) in [5, 5.41) is 0. The molecule has 0 spiro atoms. The van der Waals surface area contributed by atoms with Crippen molar-refractivity contribution in [1.29, 1.82) is 0 Å². The largest absolute Gasteiger partial charge is 0.381 e. The lowest BCUT2D eigenvalue weighted by Crippen LogP contribution is -2.35. The highest BCUT2D eigenvalue weighted by Crippen LogP contribution is 2.36. The predicted molar refractivity (Wildman–Crippen MR) is 47.5 cm³/mol. The lowest BCUT2D eigenvalue weighted by atomic mass is 9.72. The molecule has 1 rings (SSSR count). The first-order chi connectivity index (χ1) is 5.02. The SMILES string of the molecule is C[C@H]1CCOC[C@@H]1C(C)(C)C. The van der Waals surface area contributed by atoms with Crippen molar-refractivity contribution in [2.24, 2.45) is 17.3 Å². The molecule has 1 saturated heterocycles. The van der Waals surface area contributed by atoms with Crippen LogP contribution in [0.15, 0.2) is 0 Å². The smallest absolute Gasteiger partial charge is 0.0501 e. The zero-order valence-electron chi connectivity index (χ0n) is 8.18. The fourth-order valence-corrected chi connectivity index (χ4v) is 1.95. The van der Waals surface area contributed by atoms with Crippen molar-refractivity contribution in [3.05, 3.63) is 0 Å². The van der Waals surface area contributed by atoms with Crippen LogP contribution in [0.3, 0.4) is 0 Å². The van der Waals surface area contributed by atoms with Crippen molar-refractivity contribution in [3.63, 3.8) is 0 Å². The average molecular weight is 156 g/mol. The van der Waals surface area contributed by atoms with Gasteiger partial charge in [0, 0.05) is 6.61 Å². The number of rotatable bonds is 0. The van der Waals surface area contributed by atoms with E-state index in [1.165, 1.54) is 6.42 Å². The van der Waals surface area contributed by atoms with Gasteiger partial charge in [-0.25, -0.2) is 0 Å². The van der Waals surface area contributed by atoms with Gasteiger partial charge in [-0.15, -0.1) is 0 Å². The average Bonchev–Trinajstić information content (AvgIpc) is 1.86. The molecular formula is C10H20O. The van der Waals surface area contributed by atoms with Gasteiger partial charge in [0.25, 0.3) is 0 Å². The van der Waals surface area contributed by atoms with Crippen molar-refractivity contribution >= 4 is 0 Å². The maximum atomic E-state index is 5.48. The van der Waals surface area contributed by atoms with Crippen LogP contribution in [0.5, 0.6) is 0 Å². The van der Waals surface area contributed by atoms with Crippen molar-refractivity contribution in [1.82, 2.24) is 0 Å². The van der Waals surface area contributed by atoms with Gasteiger partial charge >= 0.3 is 0 Å². The van der Waals surface area contributed by atoms with Crippen LogP contribution in [0.25, 0.3) is 0 Å². The van der Waals surface area contributed by atoms with Crippen LogP contribution in [0, 0.1) is 17.3 Å². The summed E-state index contributed by atoms with van der Waals surface area (Å²) in [5.74, 6) is 1.58. The van der Waals surface area contributed by atoms with Crippen LogP contribution in [-0.2, 0) is 4.74 Å². The molecule has 1 heterocycles. The molecule has 0 bridgehead atoms. The summed E-state index contributed by atoms with van der Waals surface area (Å²) < 4.78 is 5.48. The first kappa shape index (κ1) is 9.05. The molecule has 1 aliphatic heterocycles. The van der Waals surface area contributed by atoms with E-state index in [2.05, 4.69) is 27.7 Å². The molecule has 1 heteroatoms. The van der Waals surface area contributed by atoms with E-state index in [1.54, 1.807) is 0 Å². The Bertz CT molecular complexity index is 123. The maximum absolute atomic E-state index is 5.48. The molecular weight excluding hydrogens is 136 g/mol. The Morgan fingerprint density at radius 1 is 1.27 bits per heavy atom. The van der Waals surface area contributed by atoms with E-state index in [9.17, 15) is 0 Å². The Labute approximate surface area is 70.1 Å². The molecule has 0 saturated carbocycles. The summed E-state index contributed by atoms with van der Waals surface area (Å²) in [6.45, 7) is 11.2. The van der Waals surface area contributed by atoms with E-state index in [0.717, 1.165) is 25.0 Å². The molecule has 0 radical (unpaired) electrons. The van der Waals surface area contributed by atoms with E-state index in [4.69, 9.17) is 4.74 Å². The quantitative estimate of drug-likeness (QED) is 0.524. The third kappa shape index (κ3) is 2.19. The molecule has 0 unspecified atom stereocenters. The Kier molecular flexibility index (Phi) is 2.58. The summed E-state index contributed by atoms with van der Waals surface area (Å²) in [4.78, 5) is 0. The van der Waals surface area contributed by atoms with Gasteiger partial charge in [-0.1, -0.05) is 27.7 Å². The highest BCUT2D eigenvalue weighted by molar-refractivity contribution is 4.80. The minimum absolute atomic E-state index is 0.417. The Balaban J connectivity index is 2.55. The molecule has 11 heavy (non-hydrogen) atoms. The zero-order valence-corrected chi connectivity index (χ0v) is 8.18. The van der Waals surface area contributed by atoms with Gasteiger partial charge in [0.05, 0.1) is 6.61 Å². The van der Waals surface area contributed by atoms with E-state index in [0.29, 0.717) is 5.41 Å². The summed E-state index contributed by atoms with van der Waals surface area (Å²) in [6, 6.07) is 0. The summed E-state index contributed by atoms with van der Waals surface area (Å²) in [5.41, 5.74) is 0.417. The second-order valence-electron chi connectivity index (χ2n) is 4.81. The van der Waals surface area contributed by atoms with Gasteiger partial charge in [-0.05, 0) is 23.7 Å². The summed E-state index contributed by atoms with van der Waals surface area (Å²) >= 11 is 0. The van der Waals surface area contributed by atoms with Crippen LogP contribution >= 0.6 is 0 Å².